The molecule has 23 heavy (non-hydrogen) atoms. The van der Waals surface area contributed by atoms with E-state index in [9.17, 15) is 9.59 Å². The Labute approximate surface area is 137 Å². The quantitative estimate of drug-likeness (QED) is 0.905. The minimum Gasteiger partial charge on any atom is -0.484 e. The Bertz CT molecular complexity index is 584. The van der Waals surface area contributed by atoms with Crippen molar-refractivity contribution in [2.24, 2.45) is 11.7 Å². The minimum absolute atomic E-state index is 0.00799. The summed E-state index contributed by atoms with van der Waals surface area (Å²) in [6.45, 7) is 7.41. The summed E-state index contributed by atoms with van der Waals surface area (Å²) in [5.74, 6) is 0.499. The number of ether oxygens (including phenoxy) is 1. The molecule has 1 fully saturated rings. The summed E-state index contributed by atoms with van der Waals surface area (Å²) in [6.07, 6.45) is 1.57. The second kappa shape index (κ2) is 7.49. The predicted molar refractivity (Wildman–Crippen MR) is 89.3 cm³/mol. The average molecular weight is 318 g/mol. The van der Waals surface area contributed by atoms with Crippen LogP contribution in [0, 0.1) is 12.8 Å². The number of rotatable bonds is 5. The summed E-state index contributed by atoms with van der Waals surface area (Å²) in [6, 6.07) is 5.91. The van der Waals surface area contributed by atoms with Gasteiger partial charge >= 0.3 is 0 Å². The summed E-state index contributed by atoms with van der Waals surface area (Å²) in [7, 11) is 0. The lowest BCUT2D eigenvalue weighted by molar-refractivity contribution is -0.136. The van der Waals surface area contributed by atoms with Gasteiger partial charge in [-0.15, -0.1) is 0 Å². The van der Waals surface area contributed by atoms with E-state index < -0.39 is 0 Å². The van der Waals surface area contributed by atoms with Crippen LogP contribution in [0.25, 0.3) is 0 Å². The first kappa shape index (κ1) is 17.3. The van der Waals surface area contributed by atoms with Crippen molar-refractivity contribution in [1.29, 1.82) is 0 Å². The van der Waals surface area contributed by atoms with Gasteiger partial charge in [0.05, 0.1) is 5.92 Å². The summed E-state index contributed by atoms with van der Waals surface area (Å²) in [5, 5.41) is 0. The number of carbonyl (C=O) groups excluding carboxylic acids is 2. The second-order valence-corrected chi connectivity index (χ2v) is 6.54. The number of hydrogen-bond donors (Lipinski definition) is 1. The van der Waals surface area contributed by atoms with Crippen molar-refractivity contribution in [2.75, 3.05) is 19.7 Å². The molecule has 126 valence electrons. The van der Waals surface area contributed by atoms with Crippen LogP contribution in [-0.2, 0) is 9.59 Å². The van der Waals surface area contributed by atoms with Gasteiger partial charge in [-0.05, 0) is 48.9 Å². The lowest BCUT2D eigenvalue weighted by Crippen LogP contribution is -2.45. The Morgan fingerprint density at radius 3 is 2.74 bits per heavy atom. The highest BCUT2D eigenvalue weighted by molar-refractivity contribution is 5.81. The Hall–Kier alpha value is -2.04. The lowest BCUT2D eigenvalue weighted by atomic mass is 9.97. The molecule has 5 heteroatoms. The Morgan fingerprint density at radius 2 is 2.13 bits per heavy atom. The Balaban J connectivity index is 1.91. The molecule has 1 aliphatic rings. The van der Waals surface area contributed by atoms with Gasteiger partial charge in [0, 0.05) is 13.1 Å². The van der Waals surface area contributed by atoms with Gasteiger partial charge in [0.1, 0.15) is 5.75 Å². The standard InChI is InChI=1S/C18H26N2O3/c1-12(2)16-7-6-15(9-13(16)3)23-11-17(21)20-8-4-5-14(10-20)18(19)22/h6-7,9,12,14H,4-5,8,10-11H2,1-3H3,(H2,19,22). The van der Waals surface area contributed by atoms with Crippen LogP contribution in [0.5, 0.6) is 5.75 Å². The summed E-state index contributed by atoms with van der Waals surface area (Å²) in [4.78, 5) is 25.2. The molecule has 2 N–H and O–H groups in total. The maximum absolute atomic E-state index is 12.2. The number of primary amides is 1. The van der Waals surface area contributed by atoms with E-state index in [1.807, 2.05) is 25.1 Å². The van der Waals surface area contributed by atoms with Crippen LogP contribution in [-0.4, -0.2) is 36.4 Å². The van der Waals surface area contributed by atoms with Crippen LogP contribution in [0.2, 0.25) is 0 Å². The maximum Gasteiger partial charge on any atom is 0.260 e. The average Bonchev–Trinajstić information content (AvgIpc) is 2.52. The normalized spacial score (nSPS) is 18.1. The van der Waals surface area contributed by atoms with Gasteiger partial charge < -0.3 is 15.4 Å². The Kier molecular flexibility index (Phi) is 5.64. The molecule has 2 amide bonds. The van der Waals surface area contributed by atoms with Crippen molar-refractivity contribution in [3.63, 3.8) is 0 Å². The molecule has 1 atom stereocenters. The smallest absolute Gasteiger partial charge is 0.260 e. The monoisotopic (exact) mass is 318 g/mol. The number of amides is 2. The first-order chi connectivity index (χ1) is 10.9. The number of benzene rings is 1. The third kappa shape index (κ3) is 4.47. The van der Waals surface area contributed by atoms with E-state index >= 15 is 0 Å². The summed E-state index contributed by atoms with van der Waals surface area (Å²) in [5.41, 5.74) is 7.79. The summed E-state index contributed by atoms with van der Waals surface area (Å²) >= 11 is 0. The molecule has 1 unspecified atom stereocenters. The number of aryl methyl sites for hydroxylation is 1. The molecule has 5 nitrogen and oxygen atoms in total. The van der Waals surface area contributed by atoms with Crippen molar-refractivity contribution >= 4 is 11.8 Å². The predicted octanol–water partition coefficient (Wildman–Crippen LogP) is 2.22. The van der Waals surface area contributed by atoms with E-state index in [1.54, 1.807) is 4.90 Å². The minimum atomic E-state index is -0.330. The van der Waals surface area contributed by atoms with Gasteiger partial charge in [0.2, 0.25) is 5.91 Å². The van der Waals surface area contributed by atoms with Crippen LogP contribution < -0.4 is 10.5 Å². The van der Waals surface area contributed by atoms with Gasteiger partial charge in [0.25, 0.3) is 5.91 Å². The number of nitrogens with two attached hydrogens (primary N) is 1. The third-order valence-electron chi connectivity index (χ3n) is 4.40. The molecule has 1 heterocycles. The lowest BCUT2D eigenvalue weighted by Gasteiger charge is -2.31. The van der Waals surface area contributed by atoms with Crippen LogP contribution in [0.3, 0.4) is 0 Å². The molecule has 0 spiro atoms. The first-order valence-electron chi connectivity index (χ1n) is 8.19. The highest BCUT2D eigenvalue weighted by Gasteiger charge is 2.27. The second-order valence-electron chi connectivity index (χ2n) is 6.54. The molecule has 1 aliphatic heterocycles. The van der Waals surface area contributed by atoms with Crippen LogP contribution in [0.1, 0.15) is 43.7 Å². The van der Waals surface area contributed by atoms with Crippen molar-refractivity contribution in [2.45, 2.75) is 39.5 Å². The van der Waals surface area contributed by atoms with Gasteiger partial charge in [-0.1, -0.05) is 19.9 Å². The van der Waals surface area contributed by atoms with Crippen LogP contribution >= 0.6 is 0 Å². The van der Waals surface area contributed by atoms with Gasteiger partial charge in [0.15, 0.2) is 6.61 Å². The van der Waals surface area contributed by atoms with E-state index in [2.05, 4.69) is 13.8 Å². The maximum atomic E-state index is 12.2. The zero-order valence-electron chi connectivity index (χ0n) is 14.2. The molecular formula is C18H26N2O3. The van der Waals surface area contributed by atoms with Crippen molar-refractivity contribution in [3.8, 4) is 5.75 Å². The number of likely N-dealkylation sites (tertiary alicyclic amines) is 1. The SMILES string of the molecule is Cc1cc(OCC(=O)N2CCCC(C(N)=O)C2)ccc1C(C)C. The van der Waals surface area contributed by atoms with Crippen molar-refractivity contribution in [1.82, 2.24) is 4.90 Å². The molecule has 1 saturated heterocycles. The molecule has 0 saturated carbocycles. The number of hydrogen-bond acceptors (Lipinski definition) is 3. The zero-order valence-corrected chi connectivity index (χ0v) is 14.2. The molecule has 0 radical (unpaired) electrons. The third-order valence-corrected chi connectivity index (χ3v) is 4.40. The number of nitrogens with zero attached hydrogens (tertiary/aromatic N) is 1. The van der Waals surface area contributed by atoms with Crippen LogP contribution in [0.15, 0.2) is 18.2 Å². The van der Waals surface area contributed by atoms with Gasteiger partial charge in [-0.2, -0.15) is 0 Å². The van der Waals surface area contributed by atoms with E-state index in [1.165, 1.54) is 5.56 Å². The molecule has 0 aromatic heterocycles. The number of piperidine rings is 1. The van der Waals surface area contributed by atoms with Crippen LogP contribution in [0.4, 0.5) is 0 Å². The fourth-order valence-electron chi connectivity index (χ4n) is 3.06. The molecule has 1 aromatic rings. The summed E-state index contributed by atoms with van der Waals surface area (Å²) < 4.78 is 5.62. The largest absolute Gasteiger partial charge is 0.484 e. The Morgan fingerprint density at radius 1 is 1.39 bits per heavy atom. The van der Waals surface area contributed by atoms with Gasteiger partial charge in [-0.25, -0.2) is 0 Å². The zero-order chi connectivity index (χ0) is 17.0. The van der Waals surface area contributed by atoms with Gasteiger partial charge in [-0.3, -0.25) is 9.59 Å². The van der Waals surface area contributed by atoms with Crippen molar-refractivity contribution in [3.05, 3.63) is 29.3 Å². The highest BCUT2D eigenvalue weighted by atomic mass is 16.5. The topological polar surface area (TPSA) is 72.6 Å². The van der Waals surface area contributed by atoms with E-state index in [0.29, 0.717) is 24.8 Å². The van der Waals surface area contributed by atoms with E-state index in [4.69, 9.17) is 10.5 Å². The molecule has 1 aromatic carbocycles. The molecule has 0 aliphatic carbocycles. The fourth-order valence-corrected chi connectivity index (χ4v) is 3.06. The first-order valence-corrected chi connectivity index (χ1v) is 8.19. The number of carbonyl (C=O) groups is 2. The highest BCUT2D eigenvalue weighted by Crippen LogP contribution is 2.23. The van der Waals surface area contributed by atoms with Crippen molar-refractivity contribution < 1.29 is 14.3 Å². The fraction of sp³-hybridized carbons (Fsp3) is 0.556. The van der Waals surface area contributed by atoms with E-state index in [-0.39, 0.29) is 24.3 Å². The molecular weight excluding hydrogens is 292 g/mol. The molecule has 2 rings (SSSR count). The van der Waals surface area contributed by atoms with E-state index in [0.717, 1.165) is 18.4 Å². The molecule has 0 bridgehead atoms.